The highest BCUT2D eigenvalue weighted by Gasteiger charge is 2.48. The van der Waals surface area contributed by atoms with Crippen molar-refractivity contribution < 1.29 is 49.5 Å². The van der Waals surface area contributed by atoms with Gasteiger partial charge in [0.1, 0.15) is 18.4 Å². The molecule has 1 unspecified atom stereocenters. The number of hydroxylamine groups is 1. The minimum atomic E-state index is -5.00. The van der Waals surface area contributed by atoms with Gasteiger partial charge in [-0.05, 0) is 61.9 Å². The summed E-state index contributed by atoms with van der Waals surface area (Å²) in [6.45, 7) is 2.67. The molecule has 1 aliphatic heterocycles. The highest BCUT2D eigenvalue weighted by molar-refractivity contribution is 8.00. The molecule has 0 radical (unpaired) electrons. The average molecular weight is 573 g/mol. The van der Waals surface area contributed by atoms with Gasteiger partial charge in [-0.1, -0.05) is 0 Å². The summed E-state index contributed by atoms with van der Waals surface area (Å²) in [5.74, 6) is -0.524. The molecule has 1 fully saturated rings. The molecular weight excluding hydrogens is 550 g/mol. The number of nitrogens with one attached hydrogen (secondary N) is 1. The number of thioether (sulfide) groups is 1. The smallest absolute Gasteiger partial charge is 0.416 e. The lowest BCUT2D eigenvalue weighted by Gasteiger charge is -2.43. The summed E-state index contributed by atoms with van der Waals surface area (Å²) in [6.07, 6.45) is -10.0. The highest BCUT2D eigenvalue weighted by atomic mass is 32.2. The van der Waals surface area contributed by atoms with Crippen molar-refractivity contribution >= 4 is 27.7 Å². The molecule has 0 aromatic heterocycles. The fraction of sp³-hybridized carbons (Fsp3) is 0.409. The van der Waals surface area contributed by atoms with E-state index in [9.17, 15) is 39.6 Å². The lowest BCUT2D eigenvalue weighted by Crippen LogP contribution is -2.61. The number of hydrogen-bond acceptors (Lipinski definition) is 6. The Morgan fingerprint density at radius 3 is 2.11 bits per heavy atom. The molecule has 3 rings (SSSR count). The lowest BCUT2D eigenvalue weighted by atomic mass is 10.0. The van der Waals surface area contributed by atoms with E-state index < -0.39 is 56.8 Å². The van der Waals surface area contributed by atoms with Gasteiger partial charge < -0.3 is 4.74 Å². The van der Waals surface area contributed by atoms with Gasteiger partial charge in [0.05, 0.1) is 16.0 Å². The number of ether oxygens (including phenoxy) is 1. The number of benzene rings is 2. The predicted molar refractivity (Wildman–Crippen MR) is 121 cm³/mol. The van der Waals surface area contributed by atoms with Crippen LogP contribution in [0.15, 0.2) is 47.4 Å². The number of nitrogens with zero attached hydrogens (tertiary/aromatic N) is 1. The van der Waals surface area contributed by atoms with Crippen LogP contribution >= 0.6 is 11.8 Å². The zero-order chi connectivity index (χ0) is 27.8. The molecule has 1 atom stereocenters. The third-order valence-corrected chi connectivity index (χ3v) is 8.81. The summed E-state index contributed by atoms with van der Waals surface area (Å²) in [4.78, 5) is 12.1. The molecule has 0 spiro atoms. The summed E-state index contributed by atoms with van der Waals surface area (Å²) in [5.41, 5.74) is -1.85. The minimum absolute atomic E-state index is 0.00780. The van der Waals surface area contributed by atoms with Gasteiger partial charge in [-0.2, -0.15) is 42.4 Å². The number of carbonyl (C=O) groups excluding carboxylic acids is 1. The summed E-state index contributed by atoms with van der Waals surface area (Å²) in [5, 5.41) is 9.11. The molecule has 0 saturated carbocycles. The van der Waals surface area contributed by atoms with Gasteiger partial charge >= 0.3 is 12.4 Å². The number of alkyl halides is 6. The normalized spacial score (nSPS) is 18.9. The summed E-state index contributed by atoms with van der Waals surface area (Å²) in [6, 6.07) is 4.52. The van der Waals surface area contributed by atoms with Crippen molar-refractivity contribution in [1.82, 2.24) is 9.79 Å². The van der Waals surface area contributed by atoms with Crippen LogP contribution in [0.25, 0.3) is 0 Å². The fourth-order valence-corrected chi connectivity index (χ4v) is 6.94. The molecule has 1 amide bonds. The van der Waals surface area contributed by atoms with Crippen molar-refractivity contribution in [1.29, 1.82) is 0 Å². The first-order valence-corrected chi connectivity index (χ1v) is 13.0. The molecular formula is C22H22F6N2O5S2. The molecule has 0 aliphatic carbocycles. The predicted octanol–water partition coefficient (Wildman–Crippen LogP) is 4.69. The Hall–Kier alpha value is -2.49. The molecule has 37 heavy (non-hydrogen) atoms. The summed E-state index contributed by atoms with van der Waals surface area (Å²) in [7, 11) is -4.22. The van der Waals surface area contributed by atoms with Crippen molar-refractivity contribution in [3.8, 4) is 5.75 Å². The van der Waals surface area contributed by atoms with Gasteiger partial charge in [0.25, 0.3) is 5.91 Å². The van der Waals surface area contributed by atoms with Gasteiger partial charge in [0.15, 0.2) is 0 Å². The van der Waals surface area contributed by atoms with Crippen LogP contribution in [0.5, 0.6) is 5.75 Å². The Morgan fingerprint density at radius 2 is 1.62 bits per heavy atom. The Bertz CT molecular complexity index is 1220. The van der Waals surface area contributed by atoms with E-state index in [1.165, 1.54) is 29.4 Å². The van der Waals surface area contributed by atoms with E-state index in [-0.39, 0.29) is 28.8 Å². The van der Waals surface area contributed by atoms with Crippen LogP contribution < -0.4 is 10.2 Å². The van der Waals surface area contributed by atoms with Crippen LogP contribution in [0.3, 0.4) is 0 Å². The number of halogens is 6. The summed E-state index contributed by atoms with van der Waals surface area (Å²) >= 11 is 1.36. The Balaban J connectivity index is 1.82. The van der Waals surface area contributed by atoms with Crippen molar-refractivity contribution in [2.75, 3.05) is 12.3 Å². The first kappa shape index (κ1) is 29.1. The molecule has 2 N–H and O–H groups in total. The van der Waals surface area contributed by atoms with Crippen LogP contribution in [0.1, 0.15) is 30.5 Å². The largest absolute Gasteiger partial charge is 0.489 e. The van der Waals surface area contributed by atoms with E-state index in [4.69, 9.17) is 9.94 Å². The lowest BCUT2D eigenvalue weighted by molar-refractivity contribution is -0.143. The van der Waals surface area contributed by atoms with E-state index in [2.05, 4.69) is 0 Å². The minimum Gasteiger partial charge on any atom is -0.489 e. The highest BCUT2D eigenvalue weighted by Crippen LogP contribution is 2.39. The summed E-state index contributed by atoms with van der Waals surface area (Å²) < 4.78 is 110. The second-order valence-corrected chi connectivity index (χ2v) is 12.3. The zero-order valence-corrected chi connectivity index (χ0v) is 21.0. The van der Waals surface area contributed by atoms with Crippen molar-refractivity contribution in [3.63, 3.8) is 0 Å². The molecule has 15 heteroatoms. The molecule has 2 aromatic carbocycles. The standard InChI is InChI=1S/C22H22F6N2O5S2/c1-20(2)18(19(31)29-32)30(7-8-36-20)37(33,34)17-5-3-16(4-6-17)35-12-13-9-14(21(23,24)25)11-15(10-13)22(26,27)28/h3-6,9-11,18,32H,7-8,12H2,1-2H3,(H,29,31). The van der Waals surface area contributed by atoms with Crippen molar-refractivity contribution in [2.45, 2.75) is 48.5 Å². The topological polar surface area (TPSA) is 95.9 Å². The van der Waals surface area contributed by atoms with E-state index in [1.807, 2.05) is 0 Å². The number of sulfonamides is 1. The second kappa shape index (κ2) is 10.3. The number of hydrogen-bond donors (Lipinski definition) is 2. The number of carbonyl (C=O) groups is 1. The maximum absolute atomic E-state index is 13.3. The van der Waals surface area contributed by atoms with E-state index in [0.29, 0.717) is 17.9 Å². The third kappa shape index (κ3) is 6.51. The van der Waals surface area contributed by atoms with Crippen LogP contribution in [0.2, 0.25) is 0 Å². The van der Waals surface area contributed by atoms with Crippen LogP contribution in [-0.4, -0.2) is 46.9 Å². The Kier molecular flexibility index (Phi) is 8.13. The monoisotopic (exact) mass is 572 g/mol. The Morgan fingerprint density at radius 1 is 1.08 bits per heavy atom. The SMILES string of the molecule is CC1(C)SCCN(S(=O)(=O)c2ccc(OCc3cc(C(F)(F)F)cc(C(F)(F)F)c3)cc2)C1C(=O)NO. The molecule has 2 aromatic rings. The van der Waals surface area contributed by atoms with Gasteiger partial charge in [-0.25, -0.2) is 13.9 Å². The van der Waals surface area contributed by atoms with Crippen LogP contribution in [-0.2, 0) is 33.8 Å². The van der Waals surface area contributed by atoms with E-state index >= 15 is 0 Å². The number of rotatable bonds is 6. The van der Waals surface area contributed by atoms with Gasteiger partial charge in [0.2, 0.25) is 10.0 Å². The average Bonchev–Trinajstić information content (AvgIpc) is 2.80. The third-order valence-electron chi connectivity index (χ3n) is 5.57. The number of amides is 1. The quantitative estimate of drug-likeness (QED) is 0.296. The van der Waals surface area contributed by atoms with Gasteiger partial charge in [0, 0.05) is 17.0 Å². The Labute approximate surface area is 212 Å². The van der Waals surface area contributed by atoms with Crippen LogP contribution in [0, 0.1) is 0 Å². The second-order valence-electron chi connectivity index (χ2n) is 8.62. The molecule has 204 valence electrons. The van der Waals surface area contributed by atoms with Crippen LogP contribution in [0.4, 0.5) is 26.3 Å². The van der Waals surface area contributed by atoms with Gasteiger partial charge in [-0.3, -0.25) is 10.0 Å². The maximum atomic E-state index is 13.3. The molecule has 1 aliphatic rings. The van der Waals surface area contributed by atoms with Crippen molar-refractivity contribution in [3.05, 3.63) is 59.2 Å². The van der Waals surface area contributed by atoms with E-state index in [0.717, 1.165) is 16.4 Å². The van der Waals surface area contributed by atoms with Gasteiger partial charge in [-0.15, -0.1) is 0 Å². The fourth-order valence-electron chi connectivity index (χ4n) is 3.83. The first-order valence-electron chi connectivity index (χ1n) is 10.6. The van der Waals surface area contributed by atoms with Crippen molar-refractivity contribution in [2.24, 2.45) is 0 Å². The molecule has 7 nitrogen and oxygen atoms in total. The zero-order valence-electron chi connectivity index (χ0n) is 19.4. The molecule has 1 heterocycles. The molecule has 0 bridgehead atoms. The van der Waals surface area contributed by atoms with E-state index in [1.54, 1.807) is 13.8 Å². The first-order chi connectivity index (χ1) is 17.0. The molecule has 1 saturated heterocycles. The maximum Gasteiger partial charge on any atom is 0.416 e.